The molecular weight excluding hydrogens is 198 g/mol. The lowest BCUT2D eigenvalue weighted by Crippen LogP contribution is -1.92. The molecule has 0 saturated carbocycles. The monoisotopic (exact) mass is 207 g/mol. The zero-order chi connectivity index (χ0) is 10.1. The van der Waals surface area contributed by atoms with E-state index < -0.39 is 0 Å². The Balaban J connectivity index is 2.69. The first kappa shape index (κ1) is 9.18. The molecule has 3 nitrogen and oxygen atoms in total. The third-order valence-corrected chi connectivity index (χ3v) is 3.11. The number of anilines is 1. The topological polar surface area (TPSA) is 63.3 Å². The molecule has 72 valence electrons. The SMILES string of the molecule is Nc1cc2cc(C=O)sc2cc1CO. The Hall–Kier alpha value is -1.39. The van der Waals surface area contributed by atoms with Gasteiger partial charge in [0.1, 0.15) is 0 Å². The Morgan fingerprint density at radius 1 is 1.43 bits per heavy atom. The van der Waals surface area contributed by atoms with Gasteiger partial charge < -0.3 is 10.8 Å². The molecule has 0 amide bonds. The lowest BCUT2D eigenvalue weighted by atomic mass is 10.1. The Morgan fingerprint density at radius 2 is 2.21 bits per heavy atom. The quantitative estimate of drug-likeness (QED) is 0.583. The molecule has 0 aliphatic heterocycles. The second-order valence-corrected chi connectivity index (χ2v) is 4.13. The number of rotatable bonds is 2. The number of aliphatic hydroxyl groups is 1. The van der Waals surface area contributed by atoms with Gasteiger partial charge in [0.2, 0.25) is 0 Å². The fraction of sp³-hybridized carbons (Fsp3) is 0.100. The van der Waals surface area contributed by atoms with Gasteiger partial charge in [-0.1, -0.05) is 0 Å². The summed E-state index contributed by atoms with van der Waals surface area (Å²) in [6, 6.07) is 5.40. The molecule has 0 aliphatic carbocycles. The molecule has 2 rings (SSSR count). The Bertz CT molecular complexity index is 490. The van der Waals surface area contributed by atoms with Crippen LogP contribution in [0.25, 0.3) is 10.1 Å². The number of benzene rings is 1. The molecule has 0 aliphatic rings. The number of aliphatic hydroxyl groups excluding tert-OH is 1. The van der Waals surface area contributed by atoms with Crippen LogP contribution in [0.3, 0.4) is 0 Å². The summed E-state index contributed by atoms with van der Waals surface area (Å²) in [5.74, 6) is 0. The smallest absolute Gasteiger partial charge is 0.160 e. The van der Waals surface area contributed by atoms with E-state index in [1.807, 2.05) is 6.07 Å². The van der Waals surface area contributed by atoms with Gasteiger partial charge in [0.05, 0.1) is 11.5 Å². The molecule has 14 heavy (non-hydrogen) atoms. The fourth-order valence-corrected chi connectivity index (χ4v) is 2.29. The first-order valence-electron chi connectivity index (χ1n) is 4.12. The Labute approximate surface area is 84.8 Å². The van der Waals surface area contributed by atoms with E-state index in [2.05, 4.69) is 0 Å². The minimum Gasteiger partial charge on any atom is -0.398 e. The standard InChI is InChI=1S/C10H9NO2S/c11-9-2-6-1-8(5-13)14-10(6)3-7(9)4-12/h1-3,5,12H,4,11H2. The van der Waals surface area contributed by atoms with Crippen molar-refractivity contribution in [2.75, 3.05) is 5.73 Å². The van der Waals surface area contributed by atoms with Gasteiger partial charge in [-0.3, -0.25) is 4.79 Å². The van der Waals surface area contributed by atoms with E-state index in [1.54, 1.807) is 12.1 Å². The number of carbonyl (C=O) groups excluding carboxylic acids is 1. The molecule has 0 spiro atoms. The maximum Gasteiger partial charge on any atom is 0.160 e. The van der Waals surface area contributed by atoms with Gasteiger partial charge in [-0.2, -0.15) is 0 Å². The average molecular weight is 207 g/mol. The number of aldehydes is 1. The molecule has 3 N–H and O–H groups in total. The second-order valence-electron chi connectivity index (χ2n) is 3.01. The van der Waals surface area contributed by atoms with Crippen molar-refractivity contribution in [3.63, 3.8) is 0 Å². The van der Waals surface area contributed by atoms with Crippen molar-refractivity contribution in [2.24, 2.45) is 0 Å². The number of carbonyl (C=O) groups is 1. The van der Waals surface area contributed by atoms with Crippen molar-refractivity contribution in [2.45, 2.75) is 6.61 Å². The summed E-state index contributed by atoms with van der Waals surface area (Å²) in [5, 5.41) is 9.95. The molecular formula is C10H9NO2S. The van der Waals surface area contributed by atoms with Crippen molar-refractivity contribution in [3.8, 4) is 0 Å². The van der Waals surface area contributed by atoms with Crippen LogP contribution < -0.4 is 5.73 Å². The second kappa shape index (κ2) is 3.40. The summed E-state index contributed by atoms with van der Waals surface area (Å²) in [5.41, 5.74) is 6.97. The number of fused-ring (bicyclic) bond motifs is 1. The normalized spacial score (nSPS) is 10.6. The van der Waals surface area contributed by atoms with Crippen LogP contribution >= 0.6 is 11.3 Å². The minimum absolute atomic E-state index is 0.0733. The van der Waals surface area contributed by atoms with Gasteiger partial charge >= 0.3 is 0 Å². The molecule has 0 radical (unpaired) electrons. The molecule has 4 heteroatoms. The average Bonchev–Trinajstić information content (AvgIpc) is 2.58. The molecule has 2 aromatic rings. The number of nitrogen functional groups attached to an aromatic ring is 1. The number of nitrogens with two attached hydrogens (primary N) is 1. The predicted molar refractivity (Wildman–Crippen MR) is 57.5 cm³/mol. The molecule has 1 aromatic heterocycles. The highest BCUT2D eigenvalue weighted by molar-refractivity contribution is 7.20. The molecule has 1 aromatic carbocycles. The highest BCUT2D eigenvalue weighted by Crippen LogP contribution is 2.28. The van der Waals surface area contributed by atoms with Crippen LogP contribution in [0.15, 0.2) is 18.2 Å². The maximum absolute atomic E-state index is 10.5. The number of hydrogen-bond donors (Lipinski definition) is 2. The van der Waals surface area contributed by atoms with Gasteiger partial charge in [-0.15, -0.1) is 11.3 Å². The summed E-state index contributed by atoms with van der Waals surface area (Å²) in [6.45, 7) is -0.0733. The van der Waals surface area contributed by atoms with Gasteiger partial charge in [-0.25, -0.2) is 0 Å². The van der Waals surface area contributed by atoms with Crippen molar-refractivity contribution in [1.82, 2.24) is 0 Å². The third kappa shape index (κ3) is 1.38. The van der Waals surface area contributed by atoms with Gasteiger partial charge in [0, 0.05) is 16.0 Å². The lowest BCUT2D eigenvalue weighted by molar-refractivity contribution is 0.112. The predicted octanol–water partition coefficient (Wildman–Crippen LogP) is 1.79. The van der Waals surface area contributed by atoms with Crippen molar-refractivity contribution in [1.29, 1.82) is 0 Å². The fourth-order valence-electron chi connectivity index (χ4n) is 1.36. The van der Waals surface area contributed by atoms with Crippen LogP contribution in [0, 0.1) is 0 Å². The largest absolute Gasteiger partial charge is 0.398 e. The summed E-state index contributed by atoms with van der Waals surface area (Å²) < 4.78 is 0.977. The lowest BCUT2D eigenvalue weighted by Gasteiger charge is -2.01. The van der Waals surface area contributed by atoms with Crippen LogP contribution in [-0.4, -0.2) is 11.4 Å². The number of hydrogen-bond acceptors (Lipinski definition) is 4. The molecule has 0 fully saturated rings. The zero-order valence-corrected chi connectivity index (χ0v) is 8.17. The zero-order valence-electron chi connectivity index (χ0n) is 7.36. The van der Waals surface area contributed by atoms with Crippen molar-refractivity contribution >= 4 is 33.4 Å². The molecule has 1 heterocycles. The van der Waals surface area contributed by atoms with E-state index in [-0.39, 0.29) is 6.61 Å². The first-order chi connectivity index (χ1) is 6.74. The van der Waals surface area contributed by atoms with Crippen LogP contribution in [0.4, 0.5) is 5.69 Å². The summed E-state index contributed by atoms with van der Waals surface area (Å²) >= 11 is 1.40. The van der Waals surface area contributed by atoms with Crippen LogP contribution in [-0.2, 0) is 6.61 Å². The van der Waals surface area contributed by atoms with E-state index in [1.165, 1.54) is 11.3 Å². The van der Waals surface area contributed by atoms with Crippen LogP contribution in [0.5, 0.6) is 0 Å². The first-order valence-corrected chi connectivity index (χ1v) is 4.94. The summed E-state index contributed by atoms with van der Waals surface area (Å²) in [7, 11) is 0. The van der Waals surface area contributed by atoms with Gasteiger partial charge in [-0.05, 0) is 23.6 Å². The van der Waals surface area contributed by atoms with Crippen LogP contribution in [0.1, 0.15) is 15.2 Å². The number of thiophene rings is 1. The molecule has 0 saturated heterocycles. The summed E-state index contributed by atoms with van der Waals surface area (Å²) in [4.78, 5) is 11.2. The van der Waals surface area contributed by atoms with E-state index in [9.17, 15) is 4.79 Å². The van der Waals surface area contributed by atoms with E-state index in [0.717, 1.165) is 16.4 Å². The maximum atomic E-state index is 10.5. The molecule has 0 bridgehead atoms. The van der Waals surface area contributed by atoms with E-state index in [4.69, 9.17) is 10.8 Å². The van der Waals surface area contributed by atoms with Gasteiger partial charge in [0.15, 0.2) is 6.29 Å². The van der Waals surface area contributed by atoms with E-state index in [0.29, 0.717) is 16.1 Å². The highest BCUT2D eigenvalue weighted by Gasteiger charge is 2.05. The summed E-state index contributed by atoms with van der Waals surface area (Å²) in [6.07, 6.45) is 0.819. The third-order valence-electron chi connectivity index (χ3n) is 2.08. The van der Waals surface area contributed by atoms with Crippen LogP contribution in [0.2, 0.25) is 0 Å². The minimum atomic E-state index is -0.0733. The van der Waals surface area contributed by atoms with Crippen molar-refractivity contribution < 1.29 is 9.90 Å². The highest BCUT2D eigenvalue weighted by atomic mass is 32.1. The Morgan fingerprint density at radius 3 is 2.86 bits per heavy atom. The molecule has 0 atom stereocenters. The van der Waals surface area contributed by atoms with Gasteiger partial charge in [0.25, 0.3) is 0 Å². The van der Waals surface area contributed by atoms with E-state index >= 15 is 0 Å². The molecule has 0 unspecified atom stereocenters. The Kier molecular flexibility index (Phi) is 2.23. The van der Waals surface area contributed by atoms with Crippen molar-refractivity contribution in [3.05, 3.63) is 28.6 Å².